The Balaban J connectivity index is 1.37. The number of hydrogen-bond acceptors (Lipinski definition) is 11. The van der Waals surface area contributed by atoms with Crippen LogP contribution >= 0.6 is 0 Å². The third-order valence-corrected chi connectivity index (χ3v) is 13.2. The Hall–Kier alpha value is -4.04. The van der Waals surface area contributed by atoms with Crippen molar-refractivity contribution in [1.82, 2.24) is 14.6 Å². The second-order valence-corrected chi connectivity index (χ2v) is 18.9. The van der Waals surface area contributed by atoms with Crippen LogP contribution in [-0.2, 0) is 38.7 Å². The van der Waals surface area contributed by atoms with Crippen molar-refractivity contribution in [2.75, 3.05) is 27.4 Å². The lowest BCUT2D eigenvalue weighted by Gasteiger charge is -2.33. The highest BCUT2D eigenvalue weighted by molar-refractivity contribution is 7.90. The van der Waals surface area contributed by atoms with Crippen LogP contribution in [-0.4, -0.2) is 92.2 Å². The maximum atomic E-state index is 15.0. The quantitative estimate of drug-likeness (QED) is 0.250. The third kappa shape index (κ3) is 9.50. The standard InChI is InChI=1S/C41H55N3O10S/c1-25-9-7-8-10-28-21-41(28,39(48)43-55(49,50)31-12-13-31)22-35(45)34-19-30(53-37-32-14-11-29(52-6)18-26(32)15-16-42-37)23-44(34)38(47)33(27(17-25)24-51-5)20-36(46)54-40(2,3)4/h8,10-11,14-16,18,25,27-28,30-31,33-34H,7,9,12-13,17,19-24H2,1-6H3,(H,43,48)/b10-8-/t25-,27-,28+,30+,33-,34-,41+/m0/s1. The van der Waals surface area contributed by atoms with Crippen LogP contribution in [0.25, 0.3) is 10.8 Å². The lowest BCUT2D eigenvalue weighted by Crippen LogP contribution is -2.48. The zero-order valence-corrected chi connectivity index (χ0v) is 33.6. The van der Waals surface area contributed by atoms with Gasteiger partial charge in [0.05, 0.1) is 42.7 Å². The van der Waals surface area contributed by atoms with Crippen LogP contribution in [0.15, 0.2) is 42.6 Å². The van der Waals surface area contributed by atoms with Crippen molar-refractivity contribution in [2.45, 2.75) is 108 Å². The number of fused-ring (bicyclic) bond motifs is 3. The van der Waals surface area contributed by atoms with Gasteiger partial charge < -0.3 is 23.8 Å². The molecule has 3 heterocycles. The molecule has 2 aromatic rings. The number of carbonyl (C=O) groups excluding carboxylic acids is 4. The molecule has 0 radical (unpaired) electrons. The minimum atomic E-state index is -3.86. The summed E-state index contributed by atoms with van der Waals surface area (Å²) in [5, 5.41) is 0.953. The summed E-state index contributed by atoms with van der Waals surface area (Å²) < 4.78 is 51.4. The van der Waals surface area contributed by atoms with Crippen molar-refractivity contribution >= 4 is 44.4 Å². The van der Waals surface area contributed by atoms with Crippen molar-refractivity contribution in [2.24, 2.45) is 29.1 Å². The van der Waals surface area contributed by atoms with Crippen LogP contribution in [0.5, 0.6) is 11.6 Å². The number of nitrogens with zero attached hydrogens (tertiary/aromatic N) is 2. The first-order valence-electron chi connectivity index (χ1n) is 19.4. The van der Waals surface area contributed by atoms with Crippen molar-refractivity contribution in [3.8, 4) is 11.6 Å². The first-order chi connectivity index (χ1) is 26.0. The summed E-state index contributed by atoms with van der Waals surface area (Å²) in [4.78, 5) is 63.0. The molecule has 55 heavy (non-hydrogen) atoms. The number of amides is 2. The molecule has 13 nitrogen and oxygen atoms in total. The Morgan fingerprint density at radius 3 is 2.53 bits per heavy atom. The second kappa shape index (κ2) is 16.2. The summed E-state index contributed by atoms with van der Waals surface area (Å²) in [7, 11) is -0.713. The zero-order valence-electron chi connectivity index (χ0n) is 32.7. The lowest BCUT2D eigenvalue weighted by atomic mass is 9.81. The molecule has 1 N–H and O–H groups in total. The number of ketones is 1. The minimum absolute atomic E-state index is 0.0299. The van der Waals surface area contributed by atoms with Crippen molar-refractivity contribution in [1.29, 1.82) is 0 Å². The van der Waals surface area contributed by atoms with Gasteiger partial charge in [0, 0.05) is 38.1 Å². The Morgan fingerprint density at radius 2 is 1.84 bits per heavy atom. The molecule has 0 unspecified atom stereocenters. The number of aromatic nitrogens is 1. The van der Waals surface area contributed by atoms with Crippen LogP contribution < -0.4 is 14.2 Å². The van der Waals surface area contributed by atoms with Gasteiger partial charge in [-0.05, 0) is 107 Å². The Labute approximate surface area is 323 Å². The molecule has 4 aliphatic rings. The number of benzene rings is 1. The molecular formula is C41H55N3O10S. The maximum absolute atomic E-state index is 15.0. The van der Waals surface area contributed by atoms with Gasteiger partial charge in [-0.15, -0.1) is 0 Å². The zero-order chi connectivity index (χ0) is 39.7. The summed E-state index contributed by atoms with van der Waals surface area (Å²) >= 11 is 0. The fraction of sp³-hybridized carbons (Fsp3) is 0.634. The number of methoxy groups -OCH3 is 2. The summed E-state index contributed by atoms with van der Waals surface area (Å²) in [6.07, 6.45) is 7.90. The molecule has 1 aromatic carbocycles. The van der Waals surface area contributed by atoms with Crippen molar-refractivity contribution in [3.05, 3.63) is 42.6 Å². The number of Topliss-reactive ketones (excluding diaryl/α,β-unsaturated/α-hetero) is 1. The van der Waals surface area contributed by atoms with E-state index in [0.717, 1.165) is 17.2 Å². The molecule has 1 aromatic heterocycles. The topological polar surface area (TPSA) is 167 Å². The molecule has 2 amide bonds. The lowest BCUT2D eigenvalue weighted by molar-refractivity contribution is -0.160. The first kappa shape index (κ1) is 40.6. The van der Waals surface area contributed by atoms with E-state index >= 15 is 4.79 Å². The molecule has 2 aliphatic carbocycles. The Kier molecular flexibility index (Phi) is 12.0. The number of hydrogen-bond donors (Lipinski definition) is 1. The first-order valence-corrected chi connectivity index (χ1v) is 20.9. The molecular weight excluding hydrogens is 727 g/mol. The monoisotopic (exact) mass is 781 g/mol. The molecule has 7 atom stereocenters. The average Bonchev–Trinajstić information content (AvgIpc) is 4.04. The van der Waals surface area contributed by atoms with E-state index in [1.165, 1.54) is 4.90 Å². The normalized spacial score (nSPS) is 29.7. The number of rotatable bonds is 10. The molecule has 0 bridgehead atoms. The fourth-order valence-electron chi connectivity index (χ4n) is 8.26. The highest BCUT2D eigenvalue weighted by Crippen LogP contribution is 2.57. The van der Waals surface area contributed by atoms with Gasteiger partial charge in [0.1, 0.15) is 17.5 Å². The highest BCUT2D eigenvalue weighted by atomic mass is 32.2. The minimum Gasteiger partial charge on any atom is -0.497 e. The number of esters is 1. The number of carbonyl (C=O) groups is 4. The fourth-order valence-corrected chi connectivity index (χ4v) is 9.65. The molecule has 2 saturated carbocycles. The van der Waals surface area contributed by atoms with Gasteiger partial charge >= 0.3 is 5.97 Å². The number of ether oxygens (including phenoxy) is 4. The third-order valence-electron chi connectivity index (χ3n) is 11.4. The molecule has 300 valence electrons. The predicted molar refractivity (Wildman–Crippen MR) is 205 cm³/mol. The number of nitrogens with one attached hydrogen (secondary N) is 1. The van der Waals surface area contributed by atoms with Gasteiger partial charge in [-0.3, -0.25) is 23.9 Å². The number of allylic oxidation sites excluding steroid dienone is 2. The van der Waals surface area contributed by atoms with Gasteiger partial charge in [-0.2, -0.15) is 0 Å². The van der Waals surface area contributed by atoms with Gasteiger partial charge in [-0.25, -0.2) is 13.4 Å². The van der Waals surface area contributed by atoms with E-state index in [9.17, 15) is 22.8 Å². The molecule has 1 saturated heterocycles. The van der Waals surface area contributed by atoms with E-state index in [1.54, 1.807) is 47.3 Å². The molecule has 0 spiro atoms. The van der Waals surface area contributed by atoms with Crippen molar-refractivity contribution < 1.29 is 46.5 Å². The molecule has 3 fully saturated rings. The Bertz CT molecular complexity index is 1920. The van der Waals surface area contributed by atoms with Crippen LogP contribution in [0, 0.1) is 29.1 Å². The van der Waals surface area contributed by atoms with Crippen LogP contribution in [0.1, 0.15) is 85.5 Å². The summed E-state index contributed by atoms with van der Waals surface area (Å²) in [6.45, 7) is 7.66. The molecule has 14 heteroatoms. The van der Waals surface area contributed by atoms with Gasteiger partial charge in [0.25, 0.3) is 0 Å². The van der Waals surface area contributed by atoms with E-state index in [1.807, 2.05) is 30.4 Å². The summed E-state index contributed by atoms with van der Waals surface area (Å²) in [6, 6.07) is 6.34. The average molecular weight is 782 g/mol. The van der Waals surface area contributed by atoms with E-state index < -0.39 is 62.1 Å². The van der Waals surface area contributed by atoms with Gasteiger partial charge in [-0.1, -0.05) is 19.1 Å². The smallest absolute Gasteiger partial charge is 0.307 e. The summed E-state index contributed by atoms with van der Waals surface area (Å²) in [5.74, 6) is -2.39. The van der Waals surface area contributed by atoms with Gasteiger partial charge in [0.2, 0.25) is 27.7 Å². The number of sulfonamides is 1. The SMILES string of the molecule is COC[C@@H]1C[C@@H](C)CC/C=C\[C@@H]2C[C@@]2(C(=O)NS(=O)(=O)C2CC2)CC(=O)[C@@H]2C[C@@H](Oc3nccc4cc(OC)ccc34)CN2C(=O)[C@H]1CC(=O)OC(C)(C)C. The van der Waals surface area contributed by atoms with Crippen LogP contribution in [0.2, 0.25) is 0 Å². The van der Waals surface area contributed by atoms with E-state index in [2.05, 4.69) is 16.6 Å². The molecule has 2 aliphatic heterocycles. The van der Waals surface area contributed by atoms with E-state index in [4.69, 9.17) is 18.9 Å². The van der Waals surface area contributed by atoms with E-state index in [-0.39, 0.29) is 56.0 Å². The van der Waals surface area contributed by atoms with Crippen molar-refractivity contribution in [3.63, 3.8) is 0 Å². The van der Waals surface area contributed by atoms with E-state index in [0.29, 0.717) is 43.7 Å². The van der Waals surface area contributed by atoms with Crippen LogP contribution in [0.4, 0.5) is 0 Å². The Morgan fingerprint density at radius 1 is 1.07 bits per heavy atom. The highest BCUT2D eigenvalue weighted by Gasteiger charge is 2.61. The largest absolute Gasteiger partial charge is 0.497 e. The molecule has 6 rings (SSSR count). The maximum Gasteiger partial charge on any atom is 0.307 e. The van der Waals surface area contributed by atoms with Crippen LogP contribution in [0.3, 0.4) is 0 Å². The predicted octanol–water partition coefficient (Wildman–Crippen LogP) is 5.15. The van der Waals surface area contributed by atoms with Gasteiger partial charge in [0.15, 0.2) is 5.78 Å². The second-order valence-electron chi connectivity index (χ2n) is 16.9. The summed E-state index contributed by atoms with van der Waals surface area (Å²) in [5.41, 5.74) is -2.04. The number of pyridine rings is 1.